The van der Waals surface area contributed by atoms with E-state index in [0.717, 1.165) is 16.2 Å². The first-order valence-corrected chi connectivity index (χ1v) is 5.51. The smallest absolute Gasteiger partial charge is 0.222 e. The van der Waals surface area contributed by atoms with Crippen LogP contribution < -0.4 is 5.73 Å². The summed E-state index contributed by atoms with van der Waals surface area (Å²) in [6.07, 6.45) is 1.57. The molecule has 0 aliphatic carbocycles. The number of rotatable bonds is 1. The molecule has 0 unspecified atom stereocenters. The second-order valence-corrected chi connectivity index (χ2v) is 4.18. The number of nitrogens with one attached hydrogen (secondary N) is 1. The maximum Gasteiger partial charge on any atom is 0.222 e. The average molecular weight is 232 g/mol. The molecule has 3 aromatic rings. The molecule has 0 aromatic carbocycles. The SMILES string of the molecule is Cc1csc(-c2nc(N)nc3nc[nH]c23)n1. The summed E-state index contributed by atoms with van der Waals surface area (Å²) in [5, 5.41) is 2.79. The van der Waals surface area contributed by atoms with Crippen LogP contribution in [0.4, 0.5) is 5.95 Å². The first kappa shape index (κ1) is 9.22. The van der Waals surface area contributed by atoms with Gasteiger partial charge in [-0.2, -0.15) is 4.98 Å². The van der Waals surface area contributed by atoms with E-state index in [2.05, 4.69) is 24.9 Å². The second-order valence-electron chi connectivity index (χ2n) is 3.33. The monoisotopic (exact) mass is 232 g/mol. The number of H-pyrrole nitrogens is 1. The summed E-state index contributed by atoms with van der Waals surface area (Å²) in [5.41, 5.74) is 8.63. The van der Waals surface area contributed by atoms with Gasteiger partial charge in [0.25, 0.3) is 0 Å². The van der Waals surface area contributed by atoms with Crippen LogP contribution in [0.25, 0.3) is 21.9 Å². The zero-order valence-electron chi connectivity index (χ0n) is 8.43. The van der Waals surface area contributed by atoms with Crippen molar-refractivity contribution < 1.29 is 0 Å². The zero-order chi connectivity index (χ0) is 11.1. The molecule has 0 spiro atoms. The molecule has 0 aliphatic heterocycles. The van der Waals surface area contributed by atoms with Crippen molar-refractivity contribution in [2.45, 2.75) is 6.92 Å². The summed E-state index contributed by atoms with van der Waals surface area (Å²) in [6.45, 7) is 1.94. The maximum atomic E-state index is 5.63. The number of aryl methyl sites for hydroxylation is 1. The van der Waals surface area contributed by atoms with Crippen molar-refractivity contribution in [3.8, 4) is 10.7 Å². The van der Waals surface area contributed by atoms with Gasteiger partial charge in [0.05, 0.1) is 6.33 Å². The van der Waals surface area contributed by atoms with E-state index in [1.54, 1.807) is 6.33 Å². The number of anilines is 1. The standard InChI is InChI=1S/C9H8N6S/c1-4-2-16-8(13-4)6-5-7(12-3-11-5)15-9(10)14-6/h2-3H,1H3,(H3,10,11,12,14,15). The van der Waals surface area contributed by atoms with Crippen LogP contribution in [-0.4, -0.2) is 24.9 Å². The molecule has 0 radical (unpaired) electrons. The summed E-state index contributed by atoms with van der Waals surface area (Å²) in [6, 6.07) is 0. The van der Waals surface area contributed by atoms with Gasteiger partial charge in [0.15, 0.2) is 5.65 Å². The van der Waals surface area contributed by atoms with Gasteiger partial charge in [-0.3, -0.25) is 0 Å². The van der Waals surface area contributed by atoms with Crippen LogP contribution in [0.1, 0.15) is 5.69 Å². The molecule has 0 fully saturated rings. The summed E-state index contributed by atoms with van der Waals surface area (Å²) >= 11 is 1.52. The molecule has 16 heavy (non-hydrogen) atoms. The first-order chi connectivity index (χ1) is 7.74. The fourth-order valence-corrected chi connectivity index (χ4v) is 2.26. The van der Waals surface area contributed by atoms with Gasteiger partial charge in [-0.25, -0.2) is 15.0 Å². The number of thiazole rings is 1. The second kappa shape index (κ2) is 3.24. The molecule has 3 heterocycles. The van der Waals surface area contributed by atoms with E-state index in [0.29, 0.717) is 11.3 Å². The number of hydrogen-bond acceptors (Lipinski definition) is 6. The van der Waals surface area contributed by atoms with Gasteiger partial charge >= 0.3 is 0 Å². The zero-order valence-corrected chi connectivity index (χ0v) is 9.25. The molecule has 6 nitrogen and oxygen atoms in total. The van der Waals surface area contributed by atoms with Gasteiger partial charge in [0.1, 0.15) is 16.2 Å². The Morgan fingerprint density at radius 1 is 1.31 bits per heavy atom. The van der Waals surface area contributed by atoms with Gasteiger partial charge in [-0.1, -0.05) is 0 Å². The summed E-state index contributed by atoms with van der Waals surface area (Å²) in [7, 11) is 0. The van der Waals surface area contributed by atoms with Gasteiger partial charge in [0.2, 0.25) is 5.95 Å². The van der Waals surface area contributed by atoms with Crippen LogP contribution in [0.5, 0.6) is 0 Å². The third-order valence-electron chi connectivity index (χ3n) is 2.12. The van der Waals surface area contributed by atoms with E-state index < -0.39 is 0 Å². The molecular weight excluding hydrogens is 224 g/mol. The fraction of sp³-hybridized carbons (Fsp3) is 0.111. The Morgan fingerprint density at radius 3 is 2.94 bits per heavy atom. The fourth-order valence-electron chi connectivity index (χ4n) is 1.47. The first-order valence-electron chi connectivity index (χ1n) is 4.63. The van der Waals surface area contributed by atoms with Crippen molar-refractivity contribution in [3.05, 3.63) is 17.4 Å². The van der Waals surface area contributed by atoms with Crippen LogP contribution >= 0.6 is 11.3 Å². The lowest BCUT2D eigenvalue weighted by atomic mass is 10.3. The molecule has 0 saturated heterocycles. The molecule has 7 heteroatoms. The van der Waals surface area contributed by atoms with Gasteiger partial charge < -0.3 is 10.7 Å². The number of nitrogens with two attached hydrogens (primary N) is 1. The topological polar surface area (TPSA) is 93.4 Å². The number of aromatic nitrogens is 5. The third kappa shape index (κ3) is 1.33. The molecule has 0 saturated carbocycles. The number of aromatic amines is 1. The molecule has 0 amide bonds. The summed E-state index contributed by atoms with van der Waals surface area (Å²) < 4.78 is 0. The minimum Gasteiger partial charge on any atom is -0.368 e. The molecular formula is C9H8N6S. The van der Waals surface area contributed by atoms with Crippen molar-refractivity contribution in [1.29, 1.82) is 0 Å². The number of nitrogen functional groups attached to an aromatic ring is 1. The van der Waals surface area contributed by atoms with Gasteiger partial charge in [-0.05, 0) is 6.92 Å². The normalized spacial score (nSPS) is 11.1. The predicted octanol–water partition coefficient (Wildman–Crippen LogP) is 1.37. The Kier molecular flexibility index (Phi) is 1.87. The van der Waals surface area contributed by atoms with E-state index in [1.807, 2.05) is 12.3 Å². The molecule has 3 N–H and O–H groups in total. The molecule has 0 bridgehead atoms. The predicted molar refractivity (Wildman–Crippen MR) is 61.9 cm³/mol. The number of nitrogens with zero attached hydrogens (tertiary/aromatic N) is 4. The Labute approximate surface area is 94.6 Å². The maximum absolute atomic E-state index is 5.63. The van der Waals surface area contributed by atoms with E-state index in [1.165, 1.54) is 11.3 Å². The van der Waals surface area contributed by atoms with Crippen LogP contribution in [0.15, 0.2) is 11.7 Å². The van der Waals surface area contributed by atoms with Gasteiger partial charge in [-0.15, -0.1) is 11.3 Å². The third-order valence-corrected chi connectivity index (χ3v) is 3.09. The lowest BCUT2D eigenvalue weighted by Crippen LogP contribution is -1.97. The molecule has 0 aliphatic rings. The van der Waals surface area contributed by atoms with Crippen molar-refractivity contribution in [3.63, 3.8) is 0 Å². The van der Waals surface area contributed by atoms with E-state index in [9.17, 15) is 0 Å². The van der Waals surface area contributed by atoms with E-state index in [-0.39, 0.29) is 5.95 Å². The lowest BCUT2D eigenvalue weighted by molar-refractivity contribution is 1.19. The Balaban J connectivity index is 2.33. The Hall–Kier alpha value is -2.02. The highest BCUT2D eigenvalue weighted by molar-refractivity contribution is 7.13. The molecule has 3 aromatic heterocycles. The highest BCUT2D eigenvalue weighted by Crippen LogP contribution is 2.27. The number of imidazole rings is 1. The molecule has 0 atom stereocenters. The van der Waals surface area contributed by atoms with Crippen LogP contribution in [0, 0.1) is 6.92 Å². The highest BCUT2D eigenvalue weighted by Gasteiger charge is 2.13. The van der Waals surface area contributed by atoms with Crippen molar-refractivity contribution in [2.24, 2.45) is 0 Å². The number of hydrogen-bond donors (Lipinski definition) is 2. The highest BCUT2D eigenvalue weighted by atomic mass is 32.1. The minimum atomic E-state index is 0.211. The number of fused-ring (bicyclic) bond motifs is 1. The average Bonchev–Trinajstić information content (AvgIpc) is 2.84. The van der Waals surface area contributed by atoms with Gasteiger partial charge in [0, 0.05) is 11.1 Å². The summed E-state index contributed by atoms with van der Waals surface area (Å²) in [5.74, 6) is 0.211. The van der Waals surface area contributed by atoms with Crippen molar-refractivity contribution in [1.82, 2.24) is 24.9 Å². The lowest BCUT2D eigenvalue weighted by Gasteiger charge is -1.98. The van der Waals surface area contributed by atoms with Crippen molar-refractivity contribution >= 4 is 28.4 Å². The Morgan fingerprint density at radius 2 is 2.19 bits per heavy atom. The molecule has 80 valence electrons. The van der Waals surface area contributed by atoms with Crippen LogP contribution in [0.3, 0.4) is 0 Å². The Bertz CT molecular complexity index is 655. The minimum absolute atomic E-state index is 0.211. The summed E-state index contributed by atoms with van der Waals surface area (Å²) in [4.78, 5) is 19.7. The van der Waals surface area contributed by atoms with E-state index >= 15 is 0 Å². The van der Waals surface area contributed by atoms with Crippen LogP contribution in [0.2, 0.25) is 0 Å². The molecule has 3 rings (SSSR count). The quantitative estimate of drug-likeness (QED) is 0.660. The van der Waals surface area contributed by atoms with Crippen molar-refractivity contribution in [2.75, 3.05) is 5.73 Å². The van der Waals surface area contributed by atoms with E-state index in [4.69, 9.17) is 5.73 Å². The largest absolute Gasteiger partial charge is 0.368 e. The van der Waals surface area contributed by atoms with Crippen LogP contribution in [-0.2, 0) is 0 Å².